The lowest BCUT2D eigenvalue weighted by Crippen LogP contribution is -2.26. The van der Waals surface area contributed by atoms with E-state index >= 15 is 0 Å². The first kappa shape index (κ1) is 40.1. The molecule has 15 rings (SSSR count). The first-order valence-electron chi connectivity index (χ1n) is 24.0. The Morgan fingerprint density at radius 3 is 1.80 bits per heavy atom. The fourth-order valence-corrected chi connectivity index (χ4v) is 15.7. The zero-order valence-corrected chi connectivity index (χ0v) is 40.3. The van der Waals surface area contributed by atoms with E-state index < -0.39 is 5.41 Å². The van der Waals surface area contributed by atoms with Crippen LogP contribution >= 0.6 is 34.0 Å². The fraction of sp³-hybridized carbons (Fsp3) is 0.0303. The zero-order valence-electron chi connectivity index (χ0n) is 37.9. The summed E-state index contributed by atoms with van der Waals surface area (Å²) in [7, 11) is 0. The van der Waals surface area contributed by atoms with E-state index in [0.29, 0.717) is 0 Å². The van der Waals surface area contributed by atoms with Crippen molar-refractivity contribution in [1.29, 1.82) is 0 Å². The molecule has 1 nitrogen and oxygen atoms in total. The summed E-state index contributed by atoms with van der Waals surface area (Å²) in [6.45, 7) is 0. The predicted octanol–water partition coefficient (Wildman–Crippen LogP) is 19.2. The van der Waals surface area contributed by atoms with Crippen molar-refractivity contribution in [3.05, 3.63) is 269 Å². The third-order valence-corrected chi connectivity index (χ3v) is 18.6. The van der Waals surface area contributed by atoms with E-state index in [1.165, 1.54) is 122 Å². The maximum absolute atomic E-state index is 2.54. The molecule has 0 aliphatic heterocycles. The number of allylic oxidation sites excluding steroid dienone is 1. The Morgan fingerprint density at radius 1 is 0.414 bits per heavy atom. The normalized spacial score (nSPS) is 14.8. The van der Waals surface area contributed by atoms with E-state index in [1.54, 1.807) is 0 Å². The lowest BCUT2D eigenvalue weighted by molar-refractivity contribution is 0.802. The fourth-order valence-electron chi connectivity index (χ4n) is 12.0. The van der Waals surface area contributed by atoms with Crippen LogP contribution in [0.5, 0.6) is 0 Å². The van der Waals surface area contributed by atoms with Crippen LogP contribution in [0.3, 0.4) is 0 Å². The molecule has 0 saturated heterocycles. The van der Waals surface area contributed by atoms with Gasteiger partial charge in [-0.05, 0) is 128 Å². The number of nitrogens with zero attached hydrogens (tertiary/aromatic N) is 1. The molecule has 0 radical (unpaired) electrons. The first-order valence-corrected chi connectivity index (χ1v) is 26.5. The summed E-state index contributed by atoms with van der Waals surface area (Å²) in [5.41, 5.74) is 17.5. The first-order chi connectivity index (χ1) is 34.7. The molecule has 0 fully saturated rings. The van der Waals surface area contributed by atoms with Crippen LogP contribution < -0.4 is 4.90 Å². The van der Waals surface area contributed by atoms with Gasteiger partial charge in [0.1, 0.15) is 0 Å². The van der Waals surface area contributed by atoms with E-state index in [1.807, 2.05) is 34.0 Å². The summed E-state index contributed by atoms with van der Waals surface area (Å²) < 4.78 is 6.63. The molecule has 0 bridgehead atoms. The minimum absolute atomic E-state index is 0.517. The van der Waals surface area contributed by atoms with Crippen LogP contribution in [-0.2, 0) is 11.8 Å². The van der Waals surface area contributed by atoms with Crippen molar-refractivity contribution >= 4 is 113 Å². The van der Waals surface area contributed by atoms with Crippen molar-refractivity contribution in [3.8, 4) is 21.6 Å². The topological polar surface area (TPSA) is 3.24 Å². The van der Waals surface area contributed by atoms with Gasteiger partial charge in [0.2, 0.25) is 0 Å². The maximum Gasteiger partial charge on any atom is 0.0740 e. The van der Waals surface area contributed by atoms with Crippen LogP contribution in [0.1, 0.15) is 38.9 Å². The molecule has 0 saturated carbocycles. The average molecular weight is 944 g/mol. The molecule has 328 valence electrons. The minimum atomic E-state index is -0.517. The molecule has 0 amide bonds. The Kier molecular flexibility index (Phi) is 8.92. The number of benzene rings is 10. The van der Waals surface area contributed by atoms with Crippen LogP contribution in [0.2, 0.25) is 0 Å². The second-order valence-electron chi connectivity index (χ2n) is 18.7. The summed E-state index contributed by atoms with van der Waals surface area (Å²) in [6.07, 6.45) is 3.30. The summed E-state index contributed by atoms with van der Waals surface area (Å²) >= 11 is 5.74. The standard InChI is InChI=1S/C66H41NS3/c1-3-17-42(18-4-1)44(39-43-19-15-26-51-49-23-8-12-30-59(49)68-63(43)51)37-41-33-35-48-47-22-7-11-28-55(47)66(57(48)38-41)56-36-34-46(40-54(56)65-62(66)53-25-10-14-32-61(53)70-65)67(45-20-5-2-6-21-45)58-29-16-27-52-50-24-9-13-31-60(50)69-64(52)58/h1-38,40H,39H2/b44-37+. The van der Waals surface area contributed by atoms with Crippen molar-refractivity contribution < 1.29 is 0 Å². The van der Waals surface area contributed by atoms with Gasteiger partial charge in [-0.1, -0.05) is 182 Å². The smallest absolute Gasteiger partial charge is 0.0740 e. The number of para-hydroxylation sites is 1. The second-order valence-corrected chi connectivity index (χ2v) is 21.8. The number of hydrogen-bond donors (Lipinski definition) is 0. The average Bonchev–Trinajstić information content (AvgIpc) is 4.23. The highest BCUT2D eigenvalue weighted by atomic mass is 32.1. The highest BCUT2D eigenvalue weighted by molar-refractivity contribution is 7.26. The summed E-state index contributed by atoms with van der Waals surface area (Å²) in [6, 6.07) is 86.3. The molecule has 10 aromatic carbocycles. The SMILES string of the molecule is C(=C(/Cc1cccc2c1sc1ccccc12)c1ccccc1)/c1ccc2c(c1)C1(c3ccccc3-2)c2ccc(N(c3ccccc3)c3cccc4c3sc3ccccc34)cc2-c2sc3ccccc3c21. The van der Waals surface area contributed by atoms with Gasteiger partial charge in [-0.2, -0.15) is 0 Å². The highest BCUT2D eigenvalue weighted by Gasteiger charge is 2.53. The highest BCUT2D eigenvalue weighted by Crippen LogP contribution is 2.66. The molecule has 1 unspecified atom stereocenters. The van der Waals surface area contributed by atoms with Gasteiger partial charge in [-0.15, -0.1) is 34.0 Å². The van der Waals surface area contributed by atoms with Crippen molar-refractivity contribution in [2.24, 2.45) is 0 Å². The van der Waals surface area contributed by atoms with E-state index in [-0.39, 0.29) is 0 Å². The Hall–Kier alpha value is -7.86. The Morgan fingerprint density at radius 2 is 1.01 bits per heavy atom. The van der Waals surface area contributed by atoms with Gasteiger partial charge in [-0.25, -0.2) is 0 Å². The number of hydrogen-bond acceptors (Lipinski definition) is 4. The largest absolute Gasteiger partial charge is 0.309 e. The van der Waals surface area contributed by atoms with Crippen molar-refractivity contribution in [3.63, 3.8) is 0 Å². The Bertz CT molecular complexity index is 4280. The third kappa shape index (κ3) is 5.82. The molecule has 2 aliphatic carbocycles. The molecular weight excluding hydrogens is 903 g/mol. The van der Waals surface area contributed by atoms with Crippen LogP contribution in [0.25, 0.3) is 83.6 Å². The molecular formula is C66H41NS3. The Labute approximate surface area is 418 Å². The van der Waals surface area contributed by atoms with Crippen LogP contribution in [-0.4, -0.2) is 0 Å². The van der Waals surface area contributed by atoms with Gasteiger partial charge in [0.05, 0.1) is 15.8 Å². The monoisotopic (exact) mass is 943 g/mol. The minimum Gasteiger partial charge on any atom is -0.309 e. The van der Waals surface area contributed by atoms with Gasteiger partial charge in [0.15, 0.2) is 0 Å². The molecule has 4 heteroatoms. The maximum atomic E-state index is 2.54. The molecule has 70 heavy (non-hydrogen) atoms. The number of fused-ring (bicyclic) bond motifs is 18. The van der Waals surface area contributed by atoms with Crippen molar-refractivity contribution in [2.45, 2.75) is 11.8 Å². The van der Waals surface area contributed by atoms with Crippen molar-refractivity contribution in [1.82, 2.24) is 0 Å². The van der Waals surface area contributed by atoms with Gasteiger partial charge < -0.3 is 4.90 Å². The van der Waals surface area contributed by atoms with Crippen molar-refractivity contribution in [2.75, 3.05) is 4.90 Å². The zero-order chi connectivity index (χ0) is 45.9. The molecule has 0 N–H and O–H groups in total. The lowest BCUT2D eigenvalue weighted by Gasteiger charge is -2.31. The Balaban J connectivity index is 0.951. The van der Waals surface area contributed by atoms with Crippen LogP contribution in [0, 0.1) is 0 Å². The van der Waals surface area contributed by atoms with Gasteiger partial charge >= 0.3 is 0 Å². The van der Waals surface area contributed by atoms with Gasteiger partial charge in [-0.3, -0.25) is 0 Å². The third-order valence-electron chi connectivity index (χ3n) is 14.9. The summed E-state index contributed by atoms with van der Waals surface area (Å²) in [5.74, 6) is 0. The van der Waals surface area contributed by atoms with Gasteiger partial charge in [0, 0.05) is 56.6 Å². The molecule has 1 atom stereocenters. The molecule has 2 aliphatic rings. The summed E-state index contributed by atoms with van der Waals surface area (Å²) in [5, 5.41) is 6.61. The lowest BCUT2D eigenvalue weighted by atomic mass is 9.70. The molecule has 13 aromatic rings. The van der Waals surface area contributed by atoms with E-state index in [2.05, 4.69) is 241 Å². The van der Waals surface area contributed by atoms with E-state index in [4.69, 9.17) is 0 Å². The molecule has 1 spiro atoms. The van der Waals surface area contributed by atoms with Crippen LogP contribution in [0.15, 0.2) is 231 Å². The predicted molar refractivity (Wildman–Crippen MR) is 303 cm³/mol. The van der Waals surface area contributed by atoms with Gasteiger partial charge in [0.25, 0.3) is 0 Å². The quantitative estimate of drug-likeness (QED) is 0.144. The van der Waals surface area contributed by atoms with E-state index in [0.717, 1.165) is 17.8 Å². The molecule has 3 heterocycles. The number of thiophene rings is 3. The summed E-state index contributed by atoms with van der Waals surface area (Å²) in [4.78, 5) is 3.84. The van der Waals surface area contributed by atoms with Crippen LogP contribution in [0.4, 0.5) is 17.1 Å². The molecule has 3 aromatic heterocycles. The second kappa shape index (κ2) is 15.6. The van der Waals surface area contributed by atoms with E-state index in [9.17, 15) is 0 Å². The number of rotatable bonds is 7. The number of anilines is 3.